The number of methoxy groups -OCH3 is 1. The molecule has 0 bridgehead atoms. The quantitative estimate of drug-likeness (QED) is 0.249. The summed E-state index contributed by atoms with van der Waals surface area (Å²) < 4.78 is 69.5. The van der Waals surface area contributed by atoms with Crippen molar-refractivity contribution >= 4 is 49.8 Å². The second-order valence-electron chi connectivity index (χ2n) is 9.38. The smallest absolute Gasteiger partial charge is 0.371 e. The predicted molar refractivity (Wildman–Crippen MR) is 149 cm³/mol. The molecule has 1 aliphatic heterocycles. The van der Waals surface area contributed by atoms with Gasteiger partial charge in [-0.2, -0.15) is 8.78 Å². The van der Waals surface area contributed by atoms with Gasteiger partial charge in [-0.25, -0.2) is 18.2 Å². The van der Waals surface area contributed by atoms with Gasteiger partial charge in [0.25, 0.3) is 0 Å². The number of imidazole rings is 1. The van der Waals surface area contributed by atoms with Gasteiger partial charge in [0.05, 0.1) is 23.4 Å². The maximum atomic E-state index is 15.5. The van der Waals surface area contributed by atoms with Crippen LogP contribution >= 0.6 is 22.9 Å². The van der Waals surface area contributed by atoms with Crippen LogP contribution in [0.5, 0.6) is 5.75 Å². The molecule has 212 valence electrons. The minimum Gasteiger partial charge on any atom is -0.484 e. The maximum absolute atomic E-state index is 15.5. The van der Waals surface area contributed by atoms with Crippen LogP contribution in [0.25, 0.3) is 16.0 Å². The van der Waals surface area contributed by atoms with Gasteiger partial charge in [0, 0.05) is 22.2 Å². The molecule has 3 heterocycles. The van der Waals surface area contributed by atoms with Crippen LogP contribution in [0, 0.1) is 0 Å². The van der Waals surface area contributed by atoms with Crippen LogP contribution in [0.4, 0.5) is 8.78 Å². The number of rotatable bonds is 8. The summed E-state index contributed by atoms with van der Waals surface area (Å²) in [5.74, 6) is -0.418. The number of thiophene rings is 1. The first-order chi connectivity index (χ1) is 19.0. The molecule has 4 aromatic rings. The summed E-state index contributed by atoms with van der Waals surface area (Å²) in [5, 5.41) is -1.30. The van der Waals surface area contributed by atoms with Crippen molar-refractivity contribution in [1.29, 1.82) is 0 Å². The Bertz CT molecular complexity index is 1670. The zero-order chi connectivity index (χ0) is 28.7. The number of sulfone groups is 1. The molecule has 0 amide bonds. The lowest BCUT2D eigenvalue weighted by Gasteiger charge is -2.27. The summed E-state index contributed by atoms with van der Waals surface area (Å²) in [4.78, 5) is 17.0. The number of fused-ring (bicyclic) bond motifs is 1. The third kappa shape index (κ3) is 5.09. The van der Waals surface area contributed by atoms with Crippen molar-refractivity contribution in [3.63, 3.8) is 0 Å². The monoisotopic (exact) mass is 609 g/mol. The number of aromatic nitrogens is 2. The second-order valence-corrected chi connectivity index (χ2v) is 13.1. The third-order valence-corrected chi connectivity index (χ3v) is 10.6. The number of nitrogens with one attached hydrogen (secondary N) is 1. The molecule has 0 aliphatic carbocycles. The topological polar surface area (TPSA) is 99.5 Å². The van der Waals surface area contributed by atoms with E-state index < -0.39 is 38.0 Å². The van der Waals surface area contributed by atoms with Gasteiger partial charge >= 0.3 is 11.2 Å². The van der Waals surface area contributed by atoms with Crippen molar-refractivity contribution in [2.45, 2.75) is 36.4 Å². The second kappa shape index (κ2) is 11.1. The van der Waals surface area contributed by atoms with Crippen molar-refractivity contribution in [2.75, 3.05) is 20.2 Å². The summed E-state index contributed by atoms with van der Waals surface area (Å²) in [6.45, 7) is 2.52. The summed E-state index contributed by atoms with van der Waals surface area (Å²) in [7, 11) is -3.55. The molecule has 2 aromatic carbocycles. The van der Waals surface area contributed by atoms with Crippen molar-refractivity contribution in [3.8, 4) is 10.8 Å². The molecule has 40 heavy (non-hydrogen) atoms. The van der Waals surface area contributed by atoms with Crippen LogP contribution in [0.1, 0.15) is 46.7 Å². The van der Waals surface area contributed by atoms with Crippen LogP contribution in [0.15, 0.2) is 54.9 Å². The molecule has 1 atom stereocenters. The fourth-order valence-electron chi connectivity index (χ4n) is 4.71. The molecule has 13 heteroatoms. The summed E-state index contributed by atoms with van der Waals surface area (Å²) in [6, 6.07) is 12.3. The zero-order valence-corrected chi connectivity index (χ0v) is 24.0. The minimum atomic E-state index is -4.80. The van der Waals surface area contributed by atoms with E-state index in [-0.39, 0.29) is 29.0 Å². The first kappa shape index (κ1) is 28.5. The van der Waals surface area contributed by atoms with Gasteiger partial charge in [0.2, 0.25) is 9.84 Å². The highest BCUT2D eigenvalue weighted by Gasteiger charge is 2.51. The Kier molecular flexibility index (Phi) is 7.88. The van der Waals surface area contributed by atoms with E-state index in [2.05, 4.69) is 10.3 Å². The van der Waals surface area contributed by atoms with Gasteiger partial charge in [-0.1, -0.05) is 29.8 Å². The van der Waals surface area contributed by atoms with Crippen LogP contribution < -0.4 is 10.1 Å². The van der Waals surface area contributed by atoms with E-state index in [1.807, 2.05) is 6.07 Å². The van der Waals surface area contributed by atoms with E-state index in [4.69, 9.17) is 21.1 Å². The highest BCUT2D eigenvalue weighted by atomic mass is 35.5. The molecule has 2 aromatic heterocycles. The molecule has 0 unspecified atom stereocenters. The van der Waals surface area contributed by atoms with E-state index in [1.54, 1.807) is 31.2 Å². The molecular formula is C27H26ClF2N3O5S2. The number of piperidine rings is 1. The molecule has 1 N–H and O–H groups in total. The average molecular weight is 610 g/mol. The Labute approximate surface area is 238 Å². The summed E-state index contributed by atoms with van der Waals surface area (Å²) in [6.07, 6.45) is 1.14. The molecule has 0 saturated carbocycles. The van der Waals surface area contributed by atoms with Gasteiger partial charge < -0.3 is 14.8 Å². The first-order valence-corrected chi connectivity index (χ1v) is 15.2. The Morgan fingerprint density at radius 1 is 1.20 bits per heavy atom. The van der Waals surface area contributed by atoms with Crippen molar-refractivity contribution in [3.05, 3.63) is 75.9 Å². The van der Waals surface area contributed by atoms with E-state index >= 15 is 8.78 Å². The van der Waals surface area contributed by atoms with Crippen molar-refractivity contribution < 1.29 is 31.5 Å². The number of benzene rings is 2. The molecule has 5 rings (SSSR count). The Morgan fingerprint density at radius 3 is 2.62 bits per heavy atom. The van der Waals surface area contributed by atoms with E-state index in [9.17, 15) is 13.2 Å². The highest BCUT2D eigenvalue weighted by Crippen LogP contribution is 2.41. The van der Waals surface area contributed by atoms with Gasteiger partial charge in [0.1, 0.15) is 23.2 Å². The fraction of sp³-hybridized carbons (Fsp3) is 0.333. The third-order valence-electron chi connectivity index (χ3n) is 6.91. The maximum Gasteiger partial charge on any atom is 0.371 e. The number of hydrogen-bond acceptors (Lipinski definition) is 8. The molecule has 8 nitrogen and oxygen atoms in total. The number of ether oxygens (including phenoxy) is 2. The number of nitrogens with zero attached hydrogens (tertiary/aromatic N) is 2. The SMILES string of the molecule is COC(=O)c1sc(-n2cnc3ccc(C(F)(F)S(=O)(=O)C4CCNCC4)cc32)cc1O[C@H](C)c1ccccc1Cl. The lowest BCUT2D eigenvalue weighted by molar-refractivity contribution is 0.0600. The van der Waals surface area contributed by atoms with Crippen LogP contribution in [-0.2, 0) is 19.8 Å². The van der Waals surface area contributed by atoms with E-state index in [0.717, 1.165) is 23.5 Å². The van der Waals surface area contributed by atoms with Crippen LogP contribution in [0.2, 0.25) is 5.02 Å². The number of alkyl halides is 2. The van der Waals surface area contributed by atoms with Gasteiger partial charge in [0.15, 0.2) is 4.88 Å². The van der Waals surface area contributed by atoms with Crippen LogP contribution in [0.3, 0.4) is 0 Å². The van der Waals surface area contributed by atoms with E-state index in [1.165, 1.54) is 24.1 Å². The molecule has 1 saturated heterocycles. The molecule has 0 radical (unpaired) electrons. The predicted octanol–water partition coefficient (Wildman–Crippen LogP) is 5.88. The highest BCUT2D eigenvalue weighted by molar-refractivity contribution is 7.92. The number of carbonyl (C=O) groups excluding carboxylic acids is 1. The molecular weight excluding hydrogens is 584 g/mol. The Balaban J connectivity index is 1.54. The summed E-state index contributed by atoms with van der Waals surface area (Å²) in [5.41, 5.74) is 0.691. The number of hydrogen-bond donors (Lipinski definition) is 1. The largest absolute Gasteiger partial charge is 0.484 e. The van der Waals surface area contributed by atoms with Gasteiger partial charge in [-0.05, 0) is 57.1 Å². The minimum absolute atomic E-state index is 0.124. The molecule has 0 spiro atoms. The van der Waals surface area contributed by atoms with E-state index in [0.29, 0.717) is 34.2 Å². The lowest BCUT2D eigenvalue weighted by Crippen LogP contribution is -2.42. The summed E-state index contributed by atoms with van der Waals surface area (Å²) >= 11 is 7.34. The first-order valence-electron chi connectivity index (χ1n) is 12.5. The molecule has 1 fully saturated rings. The number of carbonyl (C=O) groups is 1. The van der Waals surface area contributed by atoms with Crippen molar-refractivity contribution in [1.82, 2.24) is 14.9 Å². The Morgan fingerprint density at radius 2 is 1.93 bits per heavy atom. The standard InChI is InChI=1S/C27H26ClF2N3O5S2/c1-16(19-5-3-4-6-20(19)28)38-23-14-24(39-25(23)26(34)37-2)33-15-32-21-8-7-17(13-22(21)33)27(29,30)40(35,36)18-9-11-31-12-10-18/h3-8,13-16,18,31H,9-12H2,1-2H3/t16-/m1/s1. The van der Waals surface area contributed by atoms with Gasteiger partial charge in [-0.15, -0.1) is 11.3 Å². The van der Waals surface area contributed by atoms with Gasteiger partial charge in [-0.3, -0.25) is 4.57 Å². The molecule has 1 aliphatic rings. The average Bonchev–Trinajstić information content (AvgIpc) is 3.56. The number of halogens is 3. The zero-order valence-electron chi connectivity index (χ0n) is 21.6. The number of esters is 1. The normalized spacial score (nSPS) is 15.7. The Hall–Kier alpha value is -3.06. The van der Waals surface area contributed by atoms with Crippen LogP contribution in [-0.4, -0.2) is 49.4 Å². The lowest BCUT2D eigenvalue weighted by atomic mass is 10.1. The van der Waals surface area contributed by atoms with Crippen molar-refractivity contribution in [2.24, 2.45) is 0 Å². The fourth-order valence-corrected chi connectivity index (χ4v) is 7.72.